The van der Waals surface area contributed by atoms with Gasteiger partial charge in [0.2, 0.25) is 0 Å². The van der Waals surface area contributed by atoms with Gasteiger partial charge in [0, 0.05) is 32.4 Å². The Hall–Kier alpha value is -1.28. The first kappa shape index (κ1) is 18.8. The predicted molar refractivity (Wildman–Crippen MR) is 107 cm³/mol. The molecule has 1 heterocycles. The van der Waals surface area contributed by atoms with E-state index in [1.54, 1.807) is 18.4 Å². The number of nitrogens with zero attached hydrogens (tertiary/aromatic N) is 1. The maximum absolute atomic E-state index is 4.22. The smallest absolute Gasteiger partial charge is 0.191 e. The molecule has 0 aliphatic rings. The highest BCUT2D eigenvalue weighted by Crippen LogP contribution is 2.05. The quantitative estimate of drug-likeness (QED) is 0.273. The number of anilines is 1. The van der Waals surface area contributed by atoms with E-state index >= 15 is 0 Å². The maximum Gasteiger partial charge on any atom is 0.191 e. The summed E-state index contributed by atoms with van der Waals surface area (Å²) in [6.07, 6.45) is 1.04. The van der Waals surface area contributed by atoms with Crippen molar-refractivity contribution in [3.63, 3.8) is 0 Å². The Morgan fingerprint density at radius 3 is 2.59 bits per heavy atom. The van der Waals surface area contributed by atoms with Crippen LogP contribution in [0.5, 0.6) is 0 Å². The molecule has 0 bridgehead atoms. The van der Waals surface area contributed by atoms with Crippen molar-refractivity contribution in [2.24, 2.45) is 4.99 Å². The van der Waals surface area contributed by atoms with Crippen LogP contribution in [0.2, 0.25) is 0 Å². The van der Waals surface area contributed by atoms with Crippen LogP contribution in [0.25, 0.3) is 0 Å². The van der Waals surface area contributed by atoms with Crippen LogP contribution in [0.3, 0.4) is 0 Å². The number of aliphatic imine (C=N–C) groups is 1. The average Bonchev–Trinajstić information content (AvgIpc) is 3.04. The molecule has 2 aromatic rings. The van der Waals surface area contributed by atoms with E-state index < -0.39 is 0 Å². The molecule has 0 spiro atoms. The minimum atomic E-state index is 0. The number of rotatable bonds is 7. The van der Waals surface area contributed by atoms with Gasteiger partial charge in [-0.3, -0.25) is 4.99 Å². The molecule has 1 aromatic carbocycles. The predicted octanol–water partition coefficient (Wildman–Crippen LogP) is 3.53. The molecule has 2 rings (SSSR count). The van der Waals surface area contributed by atoms with Crippen LogP contribution in [0.15, 0.2) is 52.2 Å². The Balaban J connectivity index is 0.00000242. The molecule has 120 valence electrons. The number of thiophene rings is 1. The second kappa shape index (κ2) is 11.3. The summed E-state index contributed by atoms with van der Waals surface area (Å²) >= 11 is 1.71. The zero-order valence-corrected chi connectivity index (χ0v) is 15.9. The Morgan fingerprint density at radius 1 is 1.09 bits per heavy atom. The first-order valence-corrected chi connectivity index (χ1v) is 8.07. The van der Waals surface area contributed by atoms with Gasteiger partial charge >= 0.3 is 0 Å². The van der Waals surface area contributed by atoms with E-state index in [0.29, 0.717) is 0 Å². The Bertz CT molecular complexity index is 528. The largest absolute Gasteiger partial charge is 0.385 e. The van der Waals surface area contributed by atoms with Crippen LogP contribution in [-0.2, 0) is 6.54 Å². The lowest BCUT2D eigenvalue weighted by molar-refractivity contribution is 0.763. The van der Waals surface area contributed by atoms with E-state index in [0.717, 1.165) is 37.7 Å². The lowest BCUT2D eigenvalue weighted by atomic mass is 10.3. The van der Waals surface area contributed by atoms with Gasteiger partial charge in [-0.2, -0.15) is 11.3 Å². The fourth-order valence-corrected chi connectivity index (χ4v) is 2.55. The van der Waals surface area contributed by atoms with Gasteiger partial charge in [0.05, 0.1) is 0 Å². The van der Waals surface area contributed by atoms with Crippen molar-refractivity contribution in [1.29, 1.82) is 0 Å². The molecule has 22 heavy (non-hydrogen) atoms. The molecule has 1 aromatic heterocycles. The van der Waals surface area contributed by atoms with Gasteiger partial charge < -0.3 is 16.0 Å². The van der Waals surface area contributed by atoms with Crippen molar-refractivity contribution < 1.29 is 0 Å². The lowest BCUT2D eigenvalue weighted by Gasteiger charge is -2.12. The van der Waals surface area contributed by atoms with Crippen LogP contribution in [0.4, 0.5) is 5.69 Å². The lowest BCUT2D eigenvalue weighted by Crippen LogP contribution is -2.37. The molecule has 0 aliphatic heterocycles. The third-order valence-corrected chi connectivity index (χ3v) is 3.74. The van der Waals surface area contributed by atoms with E-state index in [1.807, 2.05) is 18.2 Å². The number of hydrogen-bond donors (Lipinski definition) is 3. The summed E-state index contributed by atoms with van der Waals surface area (Å²) in [5.41, 5.74) is 2.45. The van der Waals surface area contributed by atoms with Crippen molar-refractivity contribution in [3.05, 3.63) is 52.7 Å². The Morgan fingerprint density at radius 2 is 1.91 bits per heavy atom. The zero-order chi connectivity index (χ0) is 14.8. The number of benzene rings is 1. The Labute approximate surface area is 153 Å². The first-order valence-electron chi connectivity index (χ1n) is 7.13. The van der Waals surface area contributed by atoms with Crippen molar-refractivity contribution in [3.8, 4) is 0 Å². The van der Waals surface area contributed by atoms with Gasteiger partial charge in [-0.25, -0.2) is 0 Å². The fourth-order valence-electron chi connectivity index (χ4n) is 1.88. The molecule has 4 nitrogen and oxygen atoms in total. The van der Waals surface area contributed by atoms with Crippen molar-refractivity contribution in [2.45, 2.75) is 13.0 Å². The third kappa shape index (κ3) is 7.13. The van der Waals surface area contributed by atoms with Gasteiger partial charge in [-0.1, -0.05) is 18.2 Å². The van der Waals surface area contributed by atoms with Crippen LogP contribution < -0.4 is 16.0 Å². The fraction of sp³-hybridized carbons (Fsp3) is 0.312. The topological polar surface area (TPSA) is 48.5 Å². The van der Waals surface area contributed by atoms with Gasteiger partial charge in [-0.15, -0.1) is 24.0 Å². The molecule has 6 heteroatoms. The van der Waals surface area contributed by atoms with E-state index in [9.17, 15) is 0 Å². The summed E-state index contributed by atoms with van der Waals surface area (Å²) in [5.74, 6) is 0.848. The zero-order valence-electron chi connectivity index (χ0n) is 12.7. The molecule has 0 atom stereocenters. The van der Waals surface area contributed by atoms with Crippen molar-refractivity contribution in [1.82, 2.24) is 10.6 Å². The van der Waals surface area contributed by atoms with Gasteiger partial charge in [0.1, 0.15) is 0 Å². The number of para-hydroxylation sites is 1. The van der Waals surface area contributed by atoms with Gasteiger partial charge in [0.15, 0.2) is 5.96 Å². The second-order valence-electron chi connectivity index (χ2n) is 4.63. The maximum atomic E-state index is 4.22. The van der Waals surface area contributed by atoms with Gasteiger partial charge in [-0.05, 0) is 40.9 Å². The molecule has 0 radical (unpaired) electrons. The minimum absolute atomic E-state index is 0. The molecular formula is C16H23IN4S. The van der Waals surface area contributed by atoms with E-state index in [1.165, 1.54) is 5.56 Å². The standard InChI is InChI=1S/C16H22N4S.HI/c1-17-16(20-12-14-8-11-21-13-14)19-10-5-9-18-15-6-3-2-4-7-15;/h2-4,6-8,11,13,18H,5,9-10,12H2,1H3,(H2,17,19,20);1H. The van der Waals surface area contributed by atoms with Crippen LogP contribution in [0, 0.1) is 0 Å². The molecule has 0 fully saturated rings. The van der Waals surface area contributed by atoms with Crippen LogP contribution in [-0.4, -0.2) is 26.1 Å². The molecule has 0 aliphatic carbocycles. The highest BCUT2D eigenvalue weighted by Gasteiger charge is 1.98. The van der Waals surface area contributed by atoms with Crippen molar-refractivity contribution in [2.75, 3.05) is 25.5 Å². The highest BCUT2D eigenvalue weighted by atomic mass is 127. The van der Waals surface area contributed by atoms with Crippen LogP contribution >= 0.6 is 35.3 Å². The summed E-state index contributed by atoms with van der Waals surface area (Å²) in [6, 6.07) is 12.4. The minimum Gasteiger partial charge on any atom is -0.385 e. The molecule has 0 unspecified atom stereocenters. The SMILES string of the molecule is CN=C(NCCCNc1ccccc1)NCc1ccsc1.I. The number of nitrogens with one attached hydrogen (secondary N) is 3. The van der Waals surface area contributed by atoms with Crippen molar-refractivity contribution >= 4 is 47.0 Å². The van der Waals surface area contributed by atoms with Crippen LogP contribution in [0.1, 0.15) is 12.0 Å². The molecule has 0 saturated heterocycles. The summed E-state index contributed by atoms with van der Waals surface area (Å²) in [5, 5.41) is 14.2. The summed E-state index contributed by atoms with van der Waals surface area (Å²) < 4.78 is 0. The summed E-state index contributed by atoms with van der Waals surface area (Å²) in [7, 11) is 1.80. The molecule has 0 amide bonds. The summed E-state index contributed by atoms with van der Waals surface area (Å²) in [6.45, 7) is 2.65. The molecular weight excluding hydrogens is 407 g/mol. The van der Waals surface area contributed by atoms with E-state index in [2.05, 4.69) is 49.9 Å². The second-order valence-corrected chi connectivity index (χ2v) is 5.41. The summed E-state index contributed by atoms with van der Waals surface area (Å²) in [4.78, 5) is 4.22. The first-order chi connectivity index (χ1) is 10.4. The van der Waals surface area contributed by atoms with Gasteiger partial charge in [0.25, 0.3) is 0 Å². The monoisotopic (exact) mass is 430 g/mol. The van der Waals surface area contributed by atoms with E-state index in [-0.39, 0.29) is 24.0 Å². The molecule has 3 N–H and O–H groups in total. The number of hydrogen-bond acceptors (Lipinski definition) is 3. The highest BCUT2D eigenvalue weighted by molar-refractivity contribution is 14.0. The number of guanidine groups is 1. The molecule has 0 saturated carbocycles. The third-order valence-electron chi connectivity index (χ3n) is 3.01. The average molecular weight is 430 g/mol. The normalized spacial score (nSPS) is 10.7. The Kier molecular flexibility index (Phi) is 9.65. The van der Waals surface area contributed by atoms with E-state index in [4.69, 9.17) is 0 Å². The number of halogens is 1.